The van der Waals surface area contributed by atoms with Gasteiger partial charge in [0.05, 0.1) is 28.3 Å². The Morgan fingerprint density at radius 1 is 1.20 bits per heavy atom. The molecule has 0 unspecified atom stereocenters. The maximum absolute atomic E-state index is 5.75. The molecule has 6 nitrogen and oxygen atoms in total. The van der Waals surface area contributed by atoms with E-state index in [1.807, 2.05) is 35.7 Å². The summed E-state index contributed by atoms with van der Waals surface area (Å²) >= 11 is 3.18. The van der Waals surface area contributed by atoms with Gasteiger partial charge in [0.2, 0.25) is 5.89 Å². The number of nitrogens with zero attached hydrogens (tertiary/aromatic N) is 4. The van der Waals surface area contributed by atoms with E-state index in [4.69, 9.17) is 14.1 Å². The van der Waals surface area contributed by atoms with Crippen molar-refractivity contribution in [3.05, 3.63) is 47.7 Å². The standard InChI is InChI=1S/C17H16N4O2S2/c1-22-9-8-21-13-6-3-2-5-12(13)18-17(21)25-11-15-19-20-16(23-15)14-7-4-10-24-14/h2-7,10H,8-9,11H2,1H3. The first kappa shape index (κ1) is 16.3. The molecule has 0 N–H and O–H groups in total. The number of hydrogen-bond donors (Lipinski definition) is 0. The van der Waals surface area contributed by atoms with Crippen molar-refractivity contribution in [3.8, 4) is 10.8 Å². The first-order valence-corrected chi connectivity index (χ1v) is 9.65. The molecule has 0 radical (unpaired) electrons. The molecule has 3 heterocycles. The minimum absolute atomic E-state index is 0.568. The number of fused-ring (bicyclic) bond motifs is 1. The van der Waals surface area contributed by atoms with Gasteiger partial charge in [-0.1, -0.05) is 30.0 Å². The normalized spacial score (nSPS) is 11.4. The molecule has 0 fully saturated rings. The molecule has 25 heavy (non-hydrogen) atoms. The largest absolute Gasteiger partial charge is 0.419 e. The minimum atomic E-state index is 0.568. The molecule has 0 aliphatic heterocycles. The van der Waals surface area contributed by atoms with E-state index in [0.29, 0.717) is 24.1 Å². The van der Waals surface area contributed by atoms with Crippen LogP contribution in [0, 0.1) is 0 Å². The predicted molar refractivity (Wildman–Crippen MR) is 98.8 cm³/mol. The van der Waals surface area contributed by atoms with Crippen LogP contribution in [0.25, 0.3) is 21.8 Å². The Labute approximate surface area is 152 Å². The second-order valence-electron chi connectivity index (χ2n) is 5.29. The maximum atomic E-state index is 5.75. The Morgan fingerprint density at radius 2 is 2.12 bits per heavy atom. The molecule has 3 aromatic heterocycles. The molecular weight excluding hydrogens is 356 g/mol. The summed E-state index contributed by atoms with van der Waals surface area (Å²) in [6, 6.07) is 12.0. The summed E-state index contributed by atoms with van der Waals surface area (Å²) in [5, 5.41) is 11.2. The van der Waals surface area contributed by atoms with Crippen molar-refractivity contribution >= 4 is 34.1 Å². The van der Waals surface area contributed by atoms with Crippen LogP contribution < -0.4 is 0 Å². The van der Waals surface area contributed by atoms with E-state index in [2.05, 4.69) is 20.8 Å². The summed E-state index contributed by atoms with van der Waals surface area (Å²) in [6.45, 7) is 1.39. The third kappa shape index (κ3) is 3.46. The van der Waals surface area contributed by atoms with Crippen molar-refractivity contribution in [1.29, 1.82) is 0 Å². The van der Waals surface area contributed by atoms with Gasteiger partial charge in [0, 0.05) is 13.7 Å². The second-order valence-corrected chi connectivity index (χ2v) is 7.18. The lowest BCUT2D eigenvalue weighted by Gasteiger charge is -2.07. The highest BCUT2D eigenvalue weighted by molar-refractivity contribution is 7.98. The van der Waals surface area contributed by atoms with Crippen LogP contribution in [-0.2, 0) is 17.0 Å². The van der Waals surface area contributed by atoms with Gasteiger partial charge in [-0.05, 0) is 23.6 Å². The highest BCUT2D eigenvalue weighted by Gasteiger charge is 2.14. The summed E-state index contributed by atoms with van der Waals surface area (Å²) in [6.07, 6.45) is 0. The van der Waals surface area contributed by atoms with Crippen LogP contribution in [0.1, 0.15) is 5.89 Å². The number of aromatic nitrogens is 4. The number of hydrogen-bond acceptors (Lipinski definition) is 7. The van der Waals surface area contributed by atoms with Crippen molar-refractivity contribution in [3.63, 3.8) is 0 Å². The number of thiophene rings is 1. The van der Waals surface area contributed by atoms with Gasteiger partial charge in [-0.25, -0.2) is 4.98 Å². The van der Waals surface area contributed by atoms with Gasteiger partial charge < -0.3 is 13.7 Å². The van der Waals surface area contributed by atoms with E-state index >= 15 is 0 Å². The molecule has 4 aromatic rings. The lowest BCUT2D eigenvalue weighted by Crippen LogP contribution is -2.05. The molecule has 0 aliphatic carbocycles. The number of thioether (sulfide) groups is 1. The van der Waals surface area contributed by atoms with Crippen molar-refractivity contribution < 1.29 is 9.15 Å². The molecule has 0 amide bonds. The van der Waals surface area contributed by atoms with Crippen molar-refractivity contribution in [2.24, 2.45) is 0 Å². The smallest absolute Gasteiger partial charge is 0.257 e. The van der Waals surface area contributed by atoms with Crippen molar-refractivity contribution in [2.75, 3.05) is 13.7 Å². The van der Waals surface area contributed by atoms with E-state index < -0.39 is 0 Å². The maximum Gasteiger partial charge on any atom is 0.257 e. The highest BCUT2D eigenvalue weighted by Crippen LogP contribution is 2.28. The minimum Gasteiger partial charge on any atom is -0.419 e. The monoisotopic (exact) mass is 372 g/mol. The summed E-state index contributed by atoms with van der Waals surface area (Å²) in [5.41, 5.74) is 2.08. The number of benzene rings is 1. The Kier molecular flexibility index (Phi) is 4.82. The van der Waals surface area contributed by atoms with Gasteiger partial charge in [0.15, 0.2) is 5.16 Å². The summed E-state index contributed by atoms with van der Waals surface area (Å²) in [5.74, 6) is 1.74. The number of rotatable bonds is 7. The topological polar surface area (TPSA) is 66.0 Å². The van der Waals surface area contributed by atoms with E-state index in [1.54, 1.807) is 30.2 Å². The zero-order chi connectivity index (χ0) is 17.1. The van der Waals surface area contributed by atoms with Gasteiger partial charge in [0.1, 0.15) is 0 Å². The predicted octanol–water partition coefficient (Wildman–Crippen LogP) is 4.09. The van der Waals surface area contributed by atoms with Crippen LogP contribution >= 0.6 is 23.1 Å². The zero-order valence-corrected chi connectivity index (χ0v) is 15.2. The Hall–Kier alpha value is -2.16. The van der Waals surface area contributed by atoms with Gasteiger partial charge in [-0.3, -0.25) is 0 Å². The average Bonchev–Trinajstić information content (AvgIpc) is 3.36. The zero-order valence-electron chi connectivity index (χ0n) is 13.6. The quantitative estimate of drug-likeness (QED) is 0.455. The van der Waals surface area contributed by atoms with Gasteiger partial charge in [0.25, 0.3) is 5.89 Å². The fourth-order valence-corrected chi connectivity index (χ4v) is 4.02. The van der Waals surface area contributed by atoms with Crippen LogP contribution in [0.5, 0.6) is 0 Å². The molecule has 8 heteroatoms. The highest BCUT2D eigenvalue weighted by atomic mass is 32.2. The van der Waals surface area contributed by atoms with Crippen LogP contribution in [0.15, 0.2) is 51.4 Å². The molecule has 4 rings (SSSR count). The lowest BCUT2D eigenvalue weighted by molar-refractivity contribution is 0.186. The first-order chi connectivity index (χ1) is 12.3. The van der Waals surface area contributed by atoms with E-state index in [9.17, 15) is 0 Å². The van der Waals surface area contributed by atoms with Crippen LogP contribution in [-0.4, -0.2) is 33.5 Å². The van der Waals surface area contributed by atoms with Gasteiger partial charge in [-0.15, -0.1) is 21.5 Å². The molecule has 128 valence electrons. The molecular formula is C17H16N4O2S2. The molecule has 0 saturated heterocycles. The van der Waals surface area contributed by atoms with Crippen LogP contribution in [0.2, 0.25) is 0 Å². The third-order valence-electron chi connectivity index (χ3n) is 3.66. The molecule has 0 bridgehead atoms. The second kappa shape index (κ2) is 7.38. The third-order valence-corrected chi connectivity index (χ3v) is 5.48. The molecule has 0 atom stereocenters. The van der Waals surface area contributed by atoms with Crippen molar-refractivity contribution in [1.82, 2.24) is 19.7 Å². The molecule has 1 aromatic carbocycles. The molecule has 0 saturated carbocycles. The van der Waals surface area contributed by atoms with Crippen LogP contribution in [0.3, 0.4) is 0 Å². The Morgan fingerprint density at radius 3 is 2.96 bits per heavy atom. The van der Waals surface area contributed by atoms with E-state index in [0.717, 1.165) is 27.6 Å². The SMILES string of the molecule is COCCn1c(SCc2nnc(-c3cccs3)o2)nc2ccccc21. The van der Waals surface area contributed by atoms with Gasteiger partial charge in [-0.2, -0.15) is 0 Å². The first-order valence-electron chi connectivity index (χ1n) is 7.78. The molecule has 0 aliphatic rings. The van der Waals surface area contributed by atoms with Gasteiger partial charge >= 0.3 is 0 Å². The summed E-state index contributed by atoms with van der Waals surface area (Å²) < 4.78 is 13.1. The number of methoxy groups -OCH3 is 1. The lowest BCUT2D eigenvalue weighted by atomic mass is 10.3. The summed E-state index contributed by atoms with van der Waals surface area (Å²) in [7, 11) is 1.70. The number of ether oxygens (including phenoxy) is 1. The fourth-order valence-electron chi connectivity index (χ4n) is 2.50. The number of para-hydroxylation sites is 2. The van der Waals surface area contributed by atoms with E-state index in [1.165, 1.54) is 0 Å². The number of imidazole rings is 1. The fraction of sp³-hybridized carbons (Fsp3) is 0.235. The summed E-state index contributed by atoms with van der Waals surface area (Å²) in [4.78, 5) is 5.70. The Bertz CT molecular complexity index is 962. The van der Waals surface area contributed by atoms with Crippen molar-refractivity contribution in [2.45, 2.75) is 17.5 Å². The molecule has 0 spiro atoms. The Balaban J connectivity index is 1.54. The van der Waals surface area contributed by atoms with E-state index in [-0.39, 0.29) is 0 Å². The van der Waals surface area contributed by atoms with Crippen LogP contribution in [0.4, 0.5) is 0 Å². The average molecular weight is 372 g/mol.